The maximum Gasteiger partial charge on any atom is 0.230 e. The summed E-state index contributed by atoms with van der Waals surface area (Å²) in [7, 11) is 0. The largest absolute Gasteiger partial charge is 0.367 e. The van der Waals surface area contributed by atoms with E-state index in [1.54, 1.807) is 0 Å². The van der Waals surface area contributed by atoms with Crippen LogP contribution in [0.25, 0.3) is 11.1 Å². The van der Waals surface area contributed by atoms with Crippen molar-refractivity contribution < 1.29 is 4.52 Å². The maximum absolute atomic E-state index is 5.99. The van der Waals surface area contributed by atoms with Gasteiger partial charge in [-0.1, -0.05) is 65.3 Å². The van der Waals surface area contributed by atoms with E-state index in [-0.39, 0.29) is 0 Å². The summed E-state index contributed by atoms with van der Waals surface area (Å²) >= 11 is 3.51. The first-order valence-electron chi connectivity index (χ1n) is 7.74. The Balaban J connectivity index is 1.77. The first-order valence-corrected chi connectivity index (χ1v) is 8.53. The standard InChI is InChI=1S/C17H21BrN2O/c18-14-8-4-7-13(11-14)16-15(20-21-17(16)19)10-9-12-5-2-1-3-6-12/h4,7-8,11-12H,1-3,5-6,9-10,19H2. The number of hydrogen-bond donors (Lipinski definition) is 1. The van der Waals surface area contributed by atoms with Crippen molar-refractivity contribution in [2.24, 2.45) is 5.92 Å². The molecule has 1 aliphatic carbocycles. The monoisotopic (exact) mass is 348 g/mol. The minimum Gasteiger partial charge on any atom is -0.367 e. The van der Waals surface area contributed by atoms with Crippen molar-refractivity contribution in [3.63, 3.8) is 0 Å². The molecule has 4 heteroatoms. The second kappa shape index (κ2) is 6.65. The summed E-state index contributed by atoms with van der Waals surface area (Å²) in [6, 6.07) is 8.14. The summed E-state index contributed by atoms with van der Waals surface area (Å²) < 4.78 is 6.28. The highest BCUT2D eigenvalue weighted by Crippen LogP contribution is 2.34. The first-order chi connectivity index (χ1) is 10.2. The second-order valence-corrected chi connectivity index (χ2v) is 6.84. The molecule has 2 N–H and O–H groups in total. The van der Waals surface area contributed by atoms with E-state index in [1.165, 1.54) is 38.5 Å². The zero-order valence-corrected chi connectivity index (χ0v) is 13.7. The summed E-state index contributed by atoms with van der Waals surface area (Å²) in [4.78, 5) is 0. The highest BCUT2D eigenvalue weighted by Gasteiger charge is 2.19. The number of anilines is 1. The van der Waals surface area contributed by atoms with Crippen LogP contribution in [0.4, 0.5) is 5.88 Å². The third-order valence-electron chi connectivity index (χ3n) is 4.42. The van der Waals surface area contributed by atoms with E-state index in [1.807, 2.05) is 12.1 Å². The molecule has 0 radical (unpaired) electrons. The quantitative estimate of drug-likeness (QED) is 0.825. The maximum atomic E-state index is 5.99. The molecule has 1 aliphatic rings. The molecule has 3 nitrogen and oxygen atoms in total. The van der Waals surface area contributed by atoms with Crippen molar-refractivity contribution in [1.29, 1.82) is 0 Å². The van der Waals surface area contributed by atoms with Crippen LogP contribution in [-0.2, 0) is 6.42 Å². The SMILES string of the molecule is Nc1onc(CCC2CCCCC2)c1-c1cccc(Br)c1. The second-order valence-electron chi connectivity index (χ2n) is 5.92. The van der Waals surface area contributed by atoms with Gasteiger partial charge in [0, 0.05) is 4.47 Å². The molecule has 112 valence electrons. The summed E-state index contributed by atoms with van der Waals surface area (Å²) in [5.41, 5.74) is 9.02. The Morgan fingerprint density at radius 3 is 2.81 bits per heavy atom. The van der Waals surface area contributed by atoms with Gasteiger partial charge in [0.1, 0.15) is 0 Å². The van der Waals surface area contributed by atoms with Crippen molar-refractivity contribution in [2.75, 3.05) is 5.73 Å². The number of rotatable bonds is 4. The van der Waals surface area contributed by atoms with E-state index < -0.39 is 0 Å². The molecule has 1 aromatic heterocycles. The lowest BCUT2D eigenvalue weighted by atomic mass is 9.85. The Bertz CT molecular complexity index is 603. The van der Waals surface area contributed by atoms with Crippen molar-refractivity contribution in [3.8, 4) is 11.1 Å². The van der Waals surface area contributed by atoms with Crippen LogP contribution in [0.3, 0.4) is 0 Å². The molecule has 2 aromatic rings. The van der Waals surface area contributed by atoms with E-state index in [2.05, 4.69) is 33.2 Å². The lowest BCUT2D eigenvalue weighted by Crippen LogP contribution is -2.07. The molecule has 0 unspecified atom stereocenters. The molecule has 0 aliphatic heterocycles. The van der Waals surface area contributed by atoms with Crippen LogP contribution >= 0.6 is 15.9 Å². The van der Waals surface area contributed by atoms with Crippen LogP contribution in [0.2, 0.25) is 0 Å². The summed E-state index contributed by atoms with van der Waals surface area (Å²) in [5.74, 6) is 1.26. The normalized spacial score (nSPS) is 16.2. The number of halogens is 1. The molecule has 0 spiro atoms. The van der Waals surface area contributed by atoms with Gasteiger partial charge in [-0.25, -0.2) is 0 Å². The predicted octanol–water partition coefficient (Wildman–Crippen LogP) is 5.20. The summed E-state index contributed by atoms with van der Waals surface area (Å²) in [6.07, 6.45) is 9.02. The summed E-state index contributed by atoms with van der Waals surface area (Å²) in [5, 5.41) is 4.19. The van der Waals surface area contributed by atoms with E-state index in [0.29, 0.717) is 5.88 Å². The highest BCUT2D eigenvalue weighted by molar-refractivity contribution is 9.10. The van der Waals surface area contributed by atoms with E-state index in [9.17, 15) is 0 Å². The van der Waals surface area contributed by atoms with E-state index in [4.69, 9.17) is 10.3 Å². The van der Waals surface area contributed by atoms with Gasteiger partial charge < -0.3 is 10.3 Å². The van der Waals surface area contributed by atoms with Crippen molar-refractivity contribution in [1.82, 2.24) is 5.16 Å². The van der Waals surface area contributed by atoms with Gasteiger partial charge in [-0.2, -0.15) is 0 Å². The average Bonchev–Trinajstić information content (AvgIpc) is 2.87. The van der Waals surface area contributed by atoms with E-state index >= 15 is 0 Å². The molecule has 0 amide bonds. The lowest BCUT2D eigenvalue weighted by Gasteiger charge is -2.20. The number of nitrogens with zero attached hydrogens (tertiary/aromatic N) is 1. The van der Waals surface area contributed by atoms with Gasteiger partial charge in [0.25, 0.3) is 0 Å². The lowest BCUT2D eigenvalue weighted by molar-refractivity contribution is 0.335. The van der Waals surface area contributed by atoms with Gasteiger partial charge >= 0.3 is 0 Å². The number of aryl methyl sites for hydroxylation is 1. The zero-order chi connectivity index (χ0) is 14.7. The molecule has 0 atom stereocenters. The smallest absolute Gasteiger partial charge is 0.230 e. The Hall–Kier alpha value is -1.29. The van der Waals surface area contributed by atoms with Gasteiger partial charge in [0.2, 0.25) is 5.88 Å². The minimum absolute atomic E-state index is 0.423. The first kappa shape index (κ1) is 14.6. The van der Waals surface area contributed by atoms with Crippen molar-refractivity contribution in [2.45, 2.75) is 44.9 Å². The molecule has 0 saturated heterocycles. The number of nitrogen functional groups attached to an aromatic ring is 1. The Morgan fingerprint density at radius 1 is 1.24 bits per heavy atom. The van der Waals surface area contributed by atoms with Crippen LogP contribution < -0.4 is 5.73 Å². The minimum atomic E-state index is 0.423. The van der Waals surface area contributed by atoms with Gasteiger partial charge in [0.05, 0.1) is 11.3 Å². The molecule has 21 heavy (non-hydrogen) atoms. The molecule has 0 bridgehead atoms. The molecule has 1 fully saturated rings. The molecule has 1 heterocycles. The van der Waals surface area contributed by atoms with E-state index in [0.717, 1.165) is 33.6 Å². The number of hydrogen-bond acceptors (Lipinski definition) is 3. The molecule has 1 saturated carbocycles. The number of nitrogens with two attached hydrogens (primary N) is 1. The molecular weight excluding hydrogens is 328 g/mol. The number of benzene rings is 1. The third-order valence-corrected chi connectivity index (χ3v) is 4.91. The topological polar surface area (TPSA) is 52.0 Å². The molecule has 3 rings (SSSR count). The van der Waals surface area contributed by atoms with Crippen molar-refractivity contribution in [3.05, 3.63) is 34.4 Å². The Morgan fingerprint density at radius 2 is 2.05 bits per heavy atom. The fourth-order valence-corrected chi connectivity index (χ4v) is 3.68. The molecule has 1 aromatic carbocycles. The summed E-state index contributed by atoms with van der Waals surface area (Å²) in [6.45, 7) is 0. The average molecular weight is 349 g/mol. The fourth-order valence-electron chi connectivity index (χ4n) is 3.28. The van der Waals surface area contributed by atoms with Gasteiger partial charge in [-0.3, -0.25) is 0 Å². The van der Waals surface area contributed by atoms with Crippen molar-refractivity contribution >= 4 is 21.8 Å². The van der Waals surface area contributed by atoms with Gasteiger partial charge in [-0.05, 0) is 36.5 Å². The van der Waals surface area contributed by atoms with Crippen LogP contribution in [-0.4, -0.2) is 5.16 Å². The fraction of sp³-hybridized carbons (Fsp3) is 0.471. The Kier molecular flexibility index (Phi) is 4.63. The predicted molar refractivity (Wildman–Crippen MR) is 88.9 cm³/mol. The van der Waals surface area contributed by atoms with Crippen LogP contribution in [0.5, 0.6) is 0 Å². The molecular formula is C17H21BrN2O. The van der Waals surface area contributed by atoms with Crippen LogP contribution in [0, 0.1) is 5.92 Å². The number of aromatic nitrogens is 1. The Labute approximate surface area is 134 Å². The third kappa shape index (κ3) is 3.49. The van der Waals surface area contributed by atoms with Crippen LogP contribution in [0.15, 0.2) is 33.3 Å². The highest BCUT2D eigenvalue weighted by atomic mass is 79.9. The van der Waals surface area contributed by atoms with Crippen LogP contribution in [0.1, 0.15) is 44.2 Å². The van der Waals surface area contributed by atoms with Gasteiger partial charge in [-0.15, -0.1) is 0 Å². The van der Waals surface area contributed by atoms with Gasteiger partial charge in [0.15, 0.2) is 0 Å². The zero-order valence-electron chi connectivity index (χ0n) is 12.1.